The predicted molar refractivity (Wildman–Crippen MR) is 97.8 cm³/mol. The number of esters is 1. The van der Waals surface area contributed by atoms with E-state index in [0.717, 1.165) is 43.4 Å². The van der Waals surface area contributed by atoms with Crippen LogP contribution in [0.25, 0.3) is 0 Å². The maximum Gasteiger partial charge on any atom is 0.314 e. The van der Waals surface area contributed by atoms with Gasteiger partial charge in [0.2, 0.25) is 0 Å². The fourth-order valence-electron chi connectivity index (χ4n) is 4.88. The first-order chi connectivity index (χ1) is 12.2. The summed E-state index contributed by atoms with van der Waals surface area (Å²) in [5, 5.41) is 0. The first kappa shape index (κ1) is 18.4. The number of rotatable bonds is 5. The molecule has 138 valence electrons. The summed E-state index contributed by atoms with van der Waals surface area (Å²) in [5.41, 5.74) is 0. The van der Waals surface area contributed by atoms with Crippen molar-refractivity contribution in [1.82, 2.24) is 0 Å². The van der Waals surface area contributed by atoms with Crippen molar-refractivity contribution in [1.29, 1.82) is 0 Å². The highest BCUT2D eigenvalue weighted by atomic mass is 19.1. The summed E-state index contributed by atoms with van der Waals surface area (Å²) in [6, 6.07) is 5.70. The fraction of sp³-hybridized carbons (Fsp3) is 0.682. The van der Waals surface area contributed by atoms with E-state index >= 15 is 0 Å². The Bertz CT molecular complexity index is 538. The maximum absolute atomic E-state index is 12.9. The van der Waals surface area contributed by atoms with Crippen LogP contribution in [0.5, 0.6) is 5.75 Å². The first-order valence-corrected chi connectivity index (χ1v) is 10.1. The van der Waals surface area contributed by atoms with Crippen molar-refractivity contribution in [2.75, 3.05) is 0 Å². The van der Waals surface area contributed by atoms with Crippen LogP contribution < -0.4 is 4.74 Å². The third-order valence-corrected chi connectivity index (χ3v) is 6.39. The molecule has 25 heavy (non-hydrogen) atoms. The summed E-state index contributed by atoms with van der Waals surface area (Å²) < 4.78 is 18.4. The lowest BCUT2D eigenvalue weighted by molar-refractivity contribution is -0.140. The molecular weight excluding hydrogens is 315 g/mol. The van der Waals surface area contributed by atoms with Gasteiger partial charge in [-0.05, 0) is 80.5 Å². The standard InChI is InChI=1S/C22H31FO2/c1-2-3-16-4-6-17(7-5-16)18-8-10-19(11-9-18)22(24)25-21-14-12-20(23)13-15-21/h12-19H,2-11H2,1H3/t16-,17-,18?,19?. The van der Waals surface area contributed by atoms with E-state index in [1.165, 1.54) is 62.8 Å². The molecule has 2 fully saturated rings. The summed E-state index contributed by atoms with van der Waals surface area (Å²) in [7, 11) is 0. The van der Waals surface area contributed by atoms with Gasteiger partial charge in [-0.1, -0.05) is 32.6 Å². The topological polar surface area (TPSA) is 26.3 Å². The van der Waals surface area contributed by atoms with E-state index < -0.39 is 0 Å². The van der Waals surface area contributed by atoms with Gasteiger partial charge in [0.05, 0.1) is 5.92 Å². The zero-order chi connectivity index (χ0) is 17.6. The average molecular weight is 346 g/mol. The van der Waals surface area contributed by atoms with Crippen molar-refractivity contribution in [3.05, 3.63) is 30.1 Å². The van der Waals surface area contributed by atoms with Gasteiger partial charge in [0, 0.05) is 0 Å². The number of carbonyl (C=O) groups is 1. The minimum Gasteiger partial charge on any atom is -0.426 e. The highest BCUT2D eigenvalue weighted by Crippen LogP contribution is 2.42. The van der Waals surface area contributed by atoms with Crippen LogP contribution in [0.2, 0.25) is 0 Å². The summed E-state index contributed by atoms with van der Waals surface area (Å²) in [6.45, 7) is 2.29. The monoisotopic (exact) mass is 346 g/mol. The molecule has 0 aromatic heterocycles. The summed E-state index contributed by atoms with van der Waals surface area (Å²) in [6.07, 6.45) is 12.5. The Labute approximate surface area is 151 Å². The molecule has 1 aromatic carbocycles. The van der Waals surface area contributed by atoms with Gasteiger partial charge in [0.25, 0.3) is 0 Å². The molecule has 0 radical (unpaired) electrons. The van der Waals surface area contributed by atoms with E-state index in [4.69, 9.17) is 4.74 Å². The zero-order valence-corrected chi connectivity index (χ0v) is 15.4. The van der Waals surface area contributed by atoms with E-state index in [1.807, 2.05) is 0 Å². The van der Waals surface area contributed by atoms with Crippen LogP contribution >= 0.6 is 0 Å². The van der Waals surface area contributed by atoms with Crippen molar-refractivity contribution in [3.63, 3.8) is 0 Å². The lowest BCUT2D eigenvalue weighted by Crippen LogP contribution is -2.30. The van der Waals surface area contributed by atoms with Crippen LogP contribution in [0.15, 0.2) is 24.3 Å². The number of benzene rings is 1. The summed E-state index contributed by atoms with van der Waals surface area (Å²) in [4.78, 5) is 12.3. The highest BCUT2D eigenvalue weighted by Gasteiger charge is 2.33. The molecule has 0 spiro atoms. The molecule has 3 heteroatoms. The maximum atomic E-state index is 12.9. The van der Waals surface area contributed by atoms with Crippen LogP contribution in [0.4, 0.5) is 4.39 Å². The van der Waals surface area contributed by atoms with Gasteiger partial charge >= 0.3 is 5.97 Å². The Balaban J connectivity index is 1.42. The largest absolute Gasteiger partial charge is 0.426 e. The minimum absolute atomic E-state index is 0.0118. The summed E-state index contributed by atoms with van der Waals surface area (Å²) in [5.74, 6) is 2.65. The van der Waals surface area contributed by atoms with Crippen molar-refractivity contribution >= 4 is 5.97 Å². The highest BCUT2D eigenvalue weighted by molar-refractivity contribution is 5.75. The van der Waals surface area contributed by atoms with E-state index in [-0.39, 0.29) is 17.7 Å². The molecule has 0 bridgehead atoms. The fourth-order valence-corrected chi connectivity index (χ4v) is 4.88. The van der Waals surface area contributed by atoms with E-state index in [2.05, 4.69) is 6.92 Å². The Morgan fingerprint density at radius 3 is 2.08 bits per heavy atom. The van der Waals surface area contributed by atoms with Gasteiger partial charge in [0.1, 0.15) is 11.6 Å². The third kappa shape index (κ3) is 5.05. The van der Waals surface area contributed by atoms with Gasteiger partial charge < -0.3 is 4.74 Å². The van der Waals surface area contributed by atoms with Crippen LogP contribution in [0, 0.1) is 29.5 Å². The average Bonchev–Trinajstić information content (AvgIpc) is 2.65. The molecule has 0 aliphatic heterocycles. The molecule has 0 amide bonds. The lowest BCUT2D eigenvalue weighted by atomic mass is 9.69. The smallest absolute Gasteiger partial charge is 0.314 e. The second kappa shape index (κ2) is 8.82. The molecule has 2 aliphatic rings. The lowest BCUT2D eigenvalue weighted by Gasteiger charge is -2.37. The van der Waals surface area contributed by atoms with Crippen molar-refractivity contribution < 1.29 is 13.9 Å². The van der Waals surface area contributed by atoms with Gasteiger partial charge in [-0.2, -0.15) is 0 Å². The molecule has 0 saturated heterocycles. The number of carbonyl (C=O) groups excluding carboxylic acids is 1. The van der Waals surface area contributed by atoms with E-state index in [1.54, 1.807) is 0 Å². The second-order valence-electron chi connectivity index (χ2n) is 8.06. The predicted octanol–water partition coefficient (Wildman–Crippen LogP) is 6.14. The Morgan fingerprint density at radius 1 is 0.960 bits per heavy atom. The van der Waals surface area contributed by atoms with Crippen LogP contribution in [0.1, 0.15) is 71.1 Å². The van der Waals surface area contributed by atoms with Gasteiger partial charge in [-0.15, -0.1) is 0 Å². The number of halogens is 1. The minimum atomic E-state index is -0.311. The number of ether oxygens (including phenoxy) is 1. The summed E-state index contributed by atoms with van der Waals surface area (Å²) >= 11 is 0. The normalized spacial score (nSPS) is 30.0. The molecule has 2 aliphatic carbocycles. The quantitative estimate of drug-likeness (QED) is 0.472. The molecule has 0 N–H and O–H groups in total. The van der Waals surface area contributed by atoms with Gasteiger partial charge in [-0.3, -0.25) is 4.79 Å². The number of hydrogen-bond acceptors (Lipinski definition) is 2. The van der Waals surface area contributed by atoms with E-state index in [9.17, 15) is 9.18 Å². The molecular formula is C22H31FO2. The van der Waals surface area contributed by atoms with Crippen LogP contribution in [-0.4, -0.2) is 5.97 Å². The van der Waals surface area contributed by atoms with Crippen molar-refractivity contribution in [3.8, 4) is 5.75 Å². The Hall–Kier alpha value is -1.38. The van der Waals surface area contributed by atoms with Crippen molar-refractivity contribution in [2.45, 2.75) is 71.1 Å². The molecule has 0 atom stereocenters. The molecule has 3 rings (SSSR count). The Morgan fingerprint density at radius 2 is 1.52 bits per heavy atom. The second-order valence-corrected chi connectivity index (χ2v) is 8.06. The van der Waals surface area contributed by atoms with Gasteiger partial charge in [-0.25, -0.2) is 4.39 Å². The molecule has 0 heterocycles. The SMILES string of the molecule is CCC[C@H]1CC[C@H](C2CCC(C(=O)Oc3ccc(F)cc3)CC2)CC1. The van der Waals surface area contributed by atoms with Gasteiger partial charge in [0.15, 0.2) is 0 Å². The molecule has 1 aromatic rings. The number of hydrogen-bond donors (Lipinski definition) is 0. The molecule has 0 unspecified atom stereocenters. The van der Waals surface area contributed by atoms with Crippen molar-refractivity contribution in [2.24, 2.45) is 23.7 Å². The molecule has 2 nitrogen and oxygen atoms in total. The zero-order valence-electron chi connectivity index (χ0n) is 15.4. The Kier molecular flexibility index (Phi) is 6.50. The van der Waals surface area contributed by atoms with Crippen LogP contribution in [-0.2, 0) is 4.79 Å². The van der Waals surface area contributed by atoms with Crippen LogP contribution in [0.3, 0.4) is 0 Å². The third-order valence-electron chi connectivity index (χ3n) is 6.39. The molecule has 2 saturated carbocycles. The first-order valence-electron chi connectivity index (χ1n) is 10.1. The van der Waals surface area contributed by atoms with E-state index in [0.29, 0.717) is 5.75 Å².